The molecule has 0 aliphatic carbocycles. The van der Waals surface area contributed by atoms with Gasteiger partial charge in [-0.05, 0) is 55.8 Å². The van der Waals surface area contributed by atoms with Crippen molar-refractivity contribution in [3.63, 3.8) is 0 Å². The lowest BCUT2D eigenvalue weighted by Crippen LogP contribution is -2.48. The number of aromatic nitrogens is 1. The van der Waals surface area contributed by atoms with Crippen LogP contribution in [0, 0.1) is 13.8 Å². The van der Waals surface area contributed by atoms with Crippen molar-refractivity contribution in [1.29, 1.82) is 0 Å². The van der Waals surface area contributed by atoms with Gasteiger partial charge in [0.1, 0.15) is 0 Å². The number of halogens is 2. The molecule has 1 aromatic heterocycles. The number of nitrogens with one attached hydrogen (secondary N) is 2. The first-order chi connectivity index (χ1) is 18.7. The molecule has 1 aliphatic heterocycles. The van der Waals surface area contributed by atoms with E-state index in [0.717, 1.165) is 64.2 Å². The van der Waals surface area contributed by atoms with Gasteiger partial charge in [-0.3, -0.25) is 14.4 Å². The molecule has 0 atom stereocenters. The first-order valence-electron chi connectivity index (χ1n) is 12.7. The second-order valence-electron chi connectivity index (χ2n) is 9.62. The molecule has 1 saturated heterocycles. The monoisotopic (exact) mass is 619 g/mol. The predicted octanol–water partition coefficient (Wildman–Crippen LogP) is 5.34. The number of aryl methyl sites for hydroxylation is 2. The number of nitrogens with zero attached hydrogens (tertiary/aromatic N) is 3. The van der Waals surface area contributed by atoms with E-state index in [4.69, 9.17) is 16.6 Å². The molecule has 4 aromatic rings. The summed E-state index contributed by atoms with van der Waals surface area (Å²) in [5.74, 6) is -0.244. The van der Waals surface area contributed by atoms with Crippen LogP contribution in [-0.2, 0) is 10.0 Å². The van der Waals surface area contributed by atoms with Gasteiger partial charge < -0.3 is 10.2 Å². The average Bonchev–Trinajstić information content (AvgIpc) is 3.38. The van der Waals surface area contributed by atoms with Crippen molar-refractivity contribution in [1.82, 2.24) is 15.2 Å². The number of amides is 1. The summed E-state index contributed by atoms with van der Waals surface area (Å²) in [6.07, 6.45) is 0. The fourth-order valence-electron chi connectivity index (χ4n) is 4.47. The molecular weight excluding hydrogens is 589 g/mol. The zero-order chi connectivity index (χ0) is 27.6. The lowest BCUT2D eigenvalue weighted by Gasteiger charge is -2.34. The highest BCUT2D eigenvalue weighted by Gasteiger charge is 2.21. The van der Waals surface area contributed by atoms with Crippen LogP contribution in [0.2, 0.25) is 5.02 Å². The molecule has 2 N–H and O–H groups in total. The Morgan fingerprint density at radius 3 is 2.45 bits per heavy atom. The number of carbonyl (C=O) groups excluding carboxylic acids is 1. The number of sulfonamides is 1. The molecule has 212 valence electrons. The number of benzene rings is 3. The van der Waals surface area contributed by atoms with Gasteiger partial charge in [-0.15, -0.1) is 12.4 Å². The highest BCUT2D eigenvalue weighted by Crippen LogP contribution is 2.35. The first kappa shape index (κ1) is 30.1. The number of rotatable bonds is 8. The maximum absolute atomic E-state index is 12.8. The van der Waals surface area contributed by atoms with Gasteiger partial charge in [0.15, 0.2) is 5.13 Å². The van der Waals surface area contributed by atoms with E-state index in [1.165, 1.54) is 0 Å². The molecule has 0 saturated carbocycles. The van der Waals surface area contributed by atoms with E-state index in [-0.39, 0.29) is 23.2 Å². The number of hydrogen-bond donors (Lipinski definition) is 2. The zero-order valence-corrected chi connectivity index (χ0v) is 25.4. The van der Waals surface area contributed by atoms with Gasteiger partial charge in [0.2, 0.25) is 0 Å². The summed E-state index contributed by atoms with van der Waals surface area (Å²) in [6.45, 7) is 8.62. The molecule has 0 radical (unpaired) electrons. The lowest BCUT2D eigenvalue weighted by atomic mass is 10.2. The topological polar surface area (TPSA) is 94.6 Å². The summed E-state index contributed by atoms with van der Waals surface area (Å²) in [7, 11) is -3.74. The van der Waals surface area contributed by atoms with Crippen LogP contribution in [0.5, 0.6) is 0 Å². The average molecular weight is 621 g/mol. The van der Waals surface area contributed by atoms with Crippen molar-refractivity contribution >= 4 is 72.3 Å². The minimum Gasteiger partial charge on any atom is -0.351 e. The molecule has 0 bridgehead atoms. The molecule has 12 heteroatoms. The number of piperazine rings is 1. The Morgan fingerprint density at radius 2 is 1.75 bits per heavy atom. The Kier molecular flexibility index (Phi) is 9.58. The number of thiazole rings is 1. The quantitative estimate of drug-likeness (QED) is 0.276. The Morgan fingerprint density at radius 1 is 1.02 bits per heavy atom. The number of hydrogen-bond acceptors (Lipinski definition) is 7. The normalized spacial score (nSPS) is 14.1. The minimum absolute atomic E-state index is 0. The summed E-state index contributed by atoms with van der Waals surface area (Å²) >= 11 is 8.01. The summed E-state index contributed by atoms with van der Waals surface area (Å²) < 4.78 is 29.0. The van der Waals surface area contributed by atoms with Gasteiger partial charge in [-0.2, -0.15) is 0 Å². The largest absolute Gasteiger partial charge is 0.351 e. The third-order valence-corrected chi connectivity index (χ3v) is 9.72. The van der Waals surface area contributed by atoms with Crippen LogP contribution in [0.25, 0.3) is 10.2 Å². The van der Waals surface area contributed by atoms with Crippen LogP contribution in [-0.4, -0.2) is 63.5 Å². The van der Waals surface area contributed by atoms with Crippen molar-refractivity contribution < 1.29 is 13.2 Å². The Balaban J connectivity index is 0.00000370. The van der Waals surface area contributed by atoms with E-state index in [1.54, 1.807) is 59.9 Å². The van der Waals surface area contributed by atoms with Crippen LogP contribution >= 0.6 is 35.3 Å². The zero-order valence-electron chi connectivity index (χ0n) is 22.2. The number of anilines is 2. The summed E-state index contributed by atoms with van der Waals surface area (Å²) in [5.41, 5.74) is 3.81. The van der Waals surface area contributed by atoms with Crippen molar-refractivity contribution in [3.05, 3.63) is 82.4 Å². The van der Waals surface area contributed by atoms with Gasteiger partial charge in [0.05, 0.1) is 20.1 Å². The van der Waals surface area contributed by atoms with Crippen LogP contribution in [0.4, 0.5) is 10.8 Å². The Labute approximate surface area is 249 Å². The molecule has 0 unspecified atom stereocenters. The van der Waals surface area contributed by atoms with Gasteiger partial charge in [-0.25, -0.2) is 13.4 Å². The molecule has 40 heavy (non-hydrogen) atoms. The third-order valence-electron chi connectivity index (χ3n) is 6.75. The van der Waals surface area contributed by atoms with Crippen LogP contribution < -0.4 is 14.9 Å². The molecular formula is C28H31Cl2N5O3S2. The lowest BCUT2D eigenvalue weighted by molar-refractivity contribution is 0.0948. The van der Waals surface area contributed by atoms with Crippen molar-refractivity contribution in [2.75, 3.05) is 48.9 Å². The van der Waals surface area contributed by atoms with E-state index >= 15 is 0 Å². The van der Waals surface area contributed by atoms with Gasteiger partial charge in [0.25, 0.3) is 15.9 Å². The van der Waals surface area contributed by atoms with E-state index in [2.05, 4.69) is 26.8 Å². The highest BCUT2D eigenvalue weighted by atomic mass is 35.5. The Bertz CT molecular complexity index is 1560. The molecule has 1 fully saturated rings. The number of fused-ring (bicyclic) bond motifs is 1. The summed E-state index contributed by atoms with van der Waals surface area (Å²) in [4.78, 5) is 22.4. The standard InChI is InChI=1S/C28H30ClN5O3S2.ClH/c1-19-6-9-23(10-7-19)39(36,37)32-22-5-3-4-21(18-22)27(35)30-12-13-33-14-16-34(17-15-33)28-31-25-20(2)8-11-24(29)26(25)38-28;/h3-11,18,32H,12-17H2,1-2H3,(H,30,35);1H. The minimum atomic E-state index is -3.74. The summed E-state index contributed by atoms with van der Waals surface area (Å²) in [6, 6.07) is 17.0. The maximum atomic E-state index is 12.8. The van der Waals surface area contributed by atoms with Crippen molar-refractivity contribution in [2.45, 2.75) is 18.7 Å². The molecule has 5 rings (SSSR count). The molecule has 2 heterocycles. The van der Waals surface area contributed by atoms with E-state index in [1.807, 2.05) is 19.1 Å². The van der Waals surface area contributed by atoms with Gasteiger partial charge >= 0.3 is 0 Å². The van der Waals surface area contributed by atoms with Crippen LogP contribution in [0.1, 0.15) is 21.5 Å². The predicted molar refractivity (Wildman–Crippen MR) is 166 cm³/mol. The van der Waals surface area contributed by atoms with Crippen LogP contribution in [0.3, 0.4) is 0 Å². The van der Waals surface area contributed by atoms with Crippen molar-refractivity contribution in [3.8, 4) is 0 Å². The van der Waals surface area contributed by atoms with Gasteiger partial charge in [-0.1, -0.05) is 52.8 Å². The fraction of sp³-hybridized carbons (Fsp3) is 0.286. The summed E-state index contributed by atoms with van der Waals surface area (Å²) in [5, 5.41) is 4.68. The Hall–Kier alpha value is -2.89. The van der Waals surface area contributed by atoms with Crippen LogP contribution in [0.15, 0.2) is 65.6 Å². The second kappa shape index (κ2) is 12.7. The van der Waals surface area contributed by atoms with E-state index in [9.17, 15) is 13.2 Å². The highest BCUT2D eigenvalue weighted by molar-refractivity contribution is 7.92. The SMILES string of the molecule is Cc1ccc(S(=O)(=O)Nc2cccc(C(=O)NCCN3CCN(c4nc5c(C)ccc(Cl)c5s4)CC3)c2)cc1.Cl. The smallest absolute Gasteiger partial charge is 0.261 e. The van der Waals surface area contributed by atoms with Crippen molar-refractivity contribution in [2.24, 2.45) is 0 Å². The molecule has 0 spiro atoms. The molecule has 3 aromatic carbocycles. The number of carbonyl (C=O) groups is 1. The van der Waals surface area contributed by atoms with E-state index < -0.39 is 10.0 Å². The first-order valence-corrected chi connectivity index (χ1v) is 15.4. The van der Waals surface area contributed by atoms with Gasteiger partial charge in [0, 0.05) is 50.5 Å². The van der Waals surface area contributed by atoms with E-state index in [0.29, 0.717) is 17.8 Å². The fourth-order valence-corrected chi connectivity index (χ4v) is 6.89. The third kappa shape index (κ3) is 6.87. The molecule has 1 aliphatic rings. The maximum Gasteiger partial charge on any atom is 0.261 e. The molecule has 1 amide bonds. The molecule has 8 nitrogen and oxygen atoms in total. The second-order valence-corrected chi connectivity index (χ2v) is 12.7.